The average Bonchev–Trinajstić information content (AvgIpc) is 2.29. The van der Waals surface area contributed by atoms with E-state index in [0.717, 1.165) is 17.9 Å². The molecule has 0 saturated carbocycles. The SMILES string of the molecule is CC(C)CCOCCS(=O)c1ccc(N)cc1. The summed E-state index contributed by atoms with van der Waals surface area (Å²) in [6, 6.07) is 7.15. The number of nitrogens with two attached hydrogens (primary N) is 1. The summed E-state index contributed by atoms with van der Waals surface area (Å²) in [4.78, 5) is 0.812. The van der Waals surface area contributed by atoms with Crippen molar-refractivity contribution >= 4 is 16.5 Å². The molecule has 0 aliphatic carbocycles. The summed E-state index contributed by atoms with van der Waals surface area (Å²) in [6.07, 6.45) is 1.05. The first-order valence-corrected chi connectivity index (χ1v) is 7.23. The molecule has 1 rings (SSSR count). The quantitative estimate of drug-likeness (QED) is 0.601. The van der Waals surface area contributed by atoms with Crippen molar-refractivity contribution in [1.29, 1.82) is 0 Å². The third-order valence-corrected chi connectivity index (χ3v) is 3.73. The van der Waals surface area contributed by atoms with Gasteiger partial charge < -0.3 is 10.5 Å². The molecule has 0 radical (unpaired) electrons. The van der Waals surface area contributed by atoms with Crippen LogP contribution in [0.4, 0.5) is 5.69 Å². The van der Waals surface area contributed by atoms with E-state index in [4.69, 9.17) is 10.5 Å². The summed E-state index contributed by atoms with van der Waals surface area (Å²) in [6.45, 7) is 5.62. The molecule has 0 aliphatic rings. The van der Waals surface area contributed by atoms with Crippen LogP contribution in [0.2, 0.25) is 0 Å². The zero-order valence-corrected chi connectivity index (χ0v) is 11.3. The lowest BCUT2D eigenvalue weighted by atomic mass is 10.1. The van der Waals surface area contributed by atoms with E-state index in [2.05, 4.69) is 13.8 Å². The minimum atomic E-state index is -0.986. The van der Waals surface area contributed by atoms with Crippen molar-refractivity contribution < 1.29 is 8.95 Å². The van der Waals surface area contributed by atoms with E-state index in [9.17, 15) is 4.21 Å². The molecule has 3 nitrogen and oxygen atoms in total. The van der Waals surface area contributed by atoms with E-state index >= 15 is 0 Å². The van der Waals surface area contributed by atoms with Gasteiger partial charge in [0.25, 0.3) is 0 Å². The highest BCUT2D eigenvalue weighted by Crippen LogP contribution is 2.10. The Hall–Kier alpha value is -0.870. The molecule has 0 bridgehead atoms. The van der Waals surface area contributed by atoms with Crippen LogP contribution >= 0.6 is 0 Å². The van der Waals surface area contributed by atoms with Crippen molar-refractivity contribution in [3.63, 3.8) is 0 Å². The van der Waals surface area contributed by atoms with Gasteiger partial charge in [-0.05, 0) is 36.6 Å². The molecule has 1 aromatic rings. The summed E-state index contributed by atoms with van der Waals surface area (Å²) in [5.41, 5.74) is 6.26. The van der Waals surface area contributed by atoms with Crippen LogP contribution in [0.5, 0.6) is 0 Å². The first-order valence-electron chi connectivity index (χ1n) is 5.91. The number of hydrogen-bond acceptors (Lipinski definition) is 3. The number of benzene rings is 1. The molecule has 0 heterocycles. The summed E-state index contributed by atoms with van der Waals surface area (Å²) < 4.78 is 17.3. The second-order valence-corrected chi connectivity index (χ2v) is 5.98. The van der Waals surface area contributed by atoms with Crippen LogP contribution in [0, 0.1) is 5.92 Å². The molecular formula is C13H21NO2S. The standard InChI is InChI=1S/C13H21NO2S/c1-11(2)7-8-16-9-10-17(15)13-5-3-12(14)4-6-13/h3-6,11H,7-10,14H2,1-2H3. The van der Waals surface area contributed by atoms with Crippen molar-refractivity contribution in [2.75, 3.05) is 24.7 Å². The normalized spacial score (nSPS) is 12.9. The minimum absolute atomic E-state index is 0.544. The van der Waals surface area contributed by atoms with Gasteiger partial charge in [-0.15, -0.1) is 0 Å². The van der Waals surface area contributed by atoms with Crippen molar-refractivity contribution in [1.82, 2.24) is 0 Å². The van der Waals surface area contributed by atoms with Gasteiger partial charge in [-0.3, -0.25) is 4.21 Å². The lowest BCUT2D eigenvalue weighted by Gasteiger charge is -2.06. The second kappa shape index (κ2) is 7.45. The monoisotopic (exact) mass is 255 g/mol. The smallest absolute Gasteiger partial charge is 0.0585 e. The van der Waals surface area contributed by atoms with Crippen LogP contribution in [0.15, 0.2) is 29.2 Å². The Labute approximate surface area is 106 Å². The molecule has 1 aromatic carbocycles. The molecule has 0 aliphatic heterocycles. The highest BCUT2D eigenvalue weighted by atomic mass is 32.2. The molecule has 1 unspecified atom stereocenters. The maximum Gasteiger partial charge on any atom is 0.0585 e. The van der Waals surface area contributed by atoms with Crippen LogP contribution in [0.1, 0.15) is 20.3 Å². The Bertz CT molecular complexity index is 349. The van der Waals surface area contributed by atoms with E-state index in [1.165, 1.54) is 0 Å². The molecule has 0 spiro atoms. The van der Waals surface area contributed by atoms with Gasteiger partial charge in [0.2, 0.25) is 0 Å². The van der Waals surface area contributed by atoms with E-state index < -0.39 is 10.8 Å². The number of ether oxygens (including phenoxy) is 1. The number of anilines is 1. The Morgan fingerprint density at radius 1 is 1.24 bits per heavy atom. The van der Waals surface area contributed by atoms with Gasteiger partial charge in [-0.2, -0.15) is 0 Å². The fourth-order valence-corrected chi connectivity index (χ4v) is 2.24. The van der Waals surface area contributed by atoms with Crippen molar-refractivity contribution in [2.45, 2.75) is 25.2 Å². The molecule has 0 saturated heterocycles. The van der Waals surface area contributed by atoms with Gasteiger partial charge in [0.15, 0.2) is 0 Å². The van der Waals surface area contributed by atoms with Gasteiger partial charge in [-0.1, -0.05) is 13.8 Å². The topological polar surface area (TPSA) is 52.3 Å². The maximum atomic E-state index is 11.8. The predicted octanol–water partition coefficient (Wildman–Crippen LogP) is 2.44. The lowest BCUT2D eigenvalue weighted by molar-refractivity contribution is 0.138. The zero-order valence-electron chi connectivity index (χ0n) is 10.5. The summed E-state index contributed by atoms with van der Waals surface area (Å²) >= 11 is 0. The molecule has 2 N–H and O–H groups in total. The first-order chi connectivity index (χ1) is 8.09. The van der Waals surface area contributed by atoms with Crippen LogP contribution < -0.4 is 5.73 Å². The van der Waals surface area contributed by atoms with Crippen LogP contribution in [-0.2, 0) is 15.5 Å². The van der Waals surface area contributed by atoms with Crippen LogP contribution in [0.3, 0.4) is 0 Å². The number of hydrogen-bond donors (Lipinski definition) is 1. The zero-order chi connectivity index (χ0) is 12.7. The Balaban J connectivity index is 2.23. The fourth-order valence-electron chi connectivity index (χ4n) is 1.29. The van der Waals surface area contributed by atoms with Crippen molar-refractivity contribution in [3.8, 4) is 0 Å². The third-order valence-electron chi connectivity index (χ3n) is 2.40. The van der Waals surface area contributed by atoms with Gasteiger partial charge >= 0.3 is 0 Å². The summed E-state index contributed by atoms with van der Waals surface area (Å²) in [5.74, 6) is 1.19. The molecule has 1 atom stereocenters. The number of rotatable bonds is 7. The highest BCUT2D eigenvalue weighted by molar-refractivity contribution is 7.85. The van der Waals surface area contributed by atoms with Gasteiger partial charge in [0.05, 0.1) is 23.2 Å². The molecule has 0 amide bonds. The van der Waals surface area contributed by atoms with Gasteiger partial charge in [0.1, 0.15) is 0 Å². The Kier molecular flexibility index (Phi) is 6.22. The summed E-state index contributed by atoms with van der Waals surface area (Å²) in [5, 5.41) is 0. The van der Waals surface area contributed by atoms with E-state index in [0.29, 0.717) is 24.0 Å². The van der Waals surface area contributed by atoms with Gasteiger partial charge in [0, 0.05) is 17.2 Å². The van der Waals surface area contributed by atoms with Crippen molar-refractivity contribution in [2.24, 2.45) is 5.92 Å². The lowest BCUT2D eigenvalue weighted by Crippen LogP contribution is -2.08. The molecule has 96 valence electrons. The van der Waals surface area contributed by atoms with Crippen molar-refractivity contribution in [3.05, 3.63) is 24.3 Å². The second-order valence-electron chi connectivity index (χ2n) is 4.41. The number of nitrogen functional groups attached to an aromatic ring is 1. The minimum Gasteiger partial charge on any atom is -0.399 e. The molecule has 0 aromatic heterocycles. The predicted molar refractivity (Wildman–Crippen MR) is 72.4 cm³/mol. The van der Waals surface area contributed by atoms with Crippen LogP contribution in [-0.4, -0.2) is 23.2 Å². The third kappa shape index (κ3) is 5.84. The van der Waals surface area contributed by atoms with E-state index in [1.807, 2.05) is 0 Å². The average molecular weight is 255 g/mol. The Morgan fingerprint density at radius 3 is 2.47 bits per heavy atom. The maximum absolute atomic E-state index is 11.8. The van der Waals surface area contributed by atoms with Gasteiger partial charge in [-0.25, -0.2) is 0 Å². The van der Waals surface area contributed by atoms with Crippen LogP contribution in [0.25, 0.3) is 0 Å². The van der Waals surface area contributed by atoms with E-state index in [-0.39, 0.29) is 0 Å². The molecular weight excluding hydrogens is 234 g/mol. The Morgan fingerprint density at radius 2 is 1.88 bits per heavy atom. The van der Waals surface area contributed by atoms with E-state index in [1.54, 1.807) is 24.3 Å². The highest BCUT2D eigenvalue weighted by Gasteiger charge is 2.03. The molecule has 17 heavy (non-hydrogen) atoms. The summed E-state index contributed by atoms with van der Waals surface area (Å²) in [7, 11) is -0.986. The fraction of sp³-hybridized carbons (Fsp3) is 0.538. The molecule has 4 heteroatoms. The largest absolute Gasteiger partial charge is 0.399 e. The first kappa shape index (κ1) is 14.2. The molecule has 0 fully saturated rings.